The zero-order chi connectivity index (χ0) is 14.6. The van der Waals surface area contributed by atoms with E-state index < -0.39 is 0 Å². The molecule has 0 aromatic carbocycles. The van der Waals surface area contributed by atoms with Gasteiger partial charge in [0.15, 0.2) is 0 Å². The van der Waals surface area contributed by atoms with E-state index in [1.807, 2.05) is 0 Å². The fourth-order valence-electron chi connectivity index (χ4n) is 3.29. The zero-order valence-electron chi connectivity index (χ0n) is 14.4. The van der Waals surface area contributed by atoms with Crippen molar-refractivity contribution in [1.29, 1.82) is 0 Å². The largest absolute Gasteiger partial charge is 0.303 e. The van der Waals surface area contributed by atoms with Gasteiger partial charge >= 0.3 is 0 Å². The lowest BCUT2D eigenvalue weighted by Gasteiger charge is -2.38. The van der Waals surface area contributed by atoms with E-state index in [-0.39, 0.29) is 0 Å². The summed E-state index contributed by atoms with van der Waals surface area (Å²) in [4.78, 5) is 5.50. The van der Waals surface area contributed by atoms with Crippen LogP contribution in [0.5, 0.6) is 0 Å². The number of likely N-dealkylation sites (tertiary alicyclic amines) is 1. The summed E-state index contributed by atoms with van der Waals surface area (Å²) < 4.78 is 0. The van der Waals surface area contributed by atoms with Gasteiger partial charge in [0.25, 0.3) is 0 Å². The number of hydrogen-bond donors (Lipinski definition) is 0. The lowest BCUT2D eigenvalue weighted by atomic mass is 10.0. The Bertz CT molecular complexity index is 201. The Morgan fingerprint density at radius 2 is 1.35 bits per heavy atom. The van der Waals surface area contributed by atoms with E-state index in [0.29, 0.717) is 0 Å². The molecule has 2 nitrogen and oxygen atoms in total. The van der Waals surface area contributed by atoms with Crippen molar-refractivity contribution in [3.63, 3.8) is 0 Å². The highest BCUT2D eigenvalue weighted by molar-refractivity contribution is 4.80. The van der Waals surface area contributed by atoms with Gasteiger partial charge in [-0.25, -0.2) is 0 Å². The van der Waals surface area contributed by atoms with Crippen molar-refractivity contribution in [2.75, 3.05) is 32.7 Å². The minimum atomic E-state index is 0.871. The van der Waals surface area contributed by atoms with Gasteiger partial charge in [-0.1, -0.05) is 46.5 Å². The van der Waals surface area contributed by atoms with E-state index in [1.165, 1.54) is 90.5 Å². The quantitative estimate of drug-likeness (QED) is 0.513. The van der Waals surface area contributed by atoms with Crippen LogP contribution in [0.3, 0.4) is 0 Å². The summed E-state index contributed by atoms with van der Waals surface area (Å²) in [6, 6.07) is 0.871. The first-order valence-corrected chi connectivity index (χ1v) is 9.28. The van der Waals surface area contributed by atoms with Crippen LogP contribution in [0.2, 0.25) is 0 Å². The maximum Gasteiger partial charge on any atom is 0.0120 e. The Labute approximate surface area is 127 Å². The van der Waals surface area contributed by atoms with Crippen LogP contribution in [0, 0.1) is 0 Å². The Kier molecular flexibility index (Phi) is 10.4. The number of rotatable bonds is 11. The number of nitrogens with zero attached hydrogens (tertiary/aromatic N) is 2. The number of unbranched alkanes of at least 4 members (excludes halogenated alkanes) is 4. The summed E-state index contributed by atoms with van der Waals surface area (Å²) in [5.41, 5.74) is 0. The lowest BCUT2D eigenvalue weighted by Crippen LogP contribution is -2.45. The van der Waals surface area contributed by atoms with Gasteiger partial charge in [-0.05, 0) is 64.8 Å². The standard InChI is InChI=1S/C18H38N2/c1-4-7-10-13-19-16-11-18(12-17-19)20(14-8-5-2)15-9-6-3/h18H,4-17H2,1-3H3. The van der Waals surface area contributed by atoms with Gasteiger partial charge in [0.1, 0.15) is 0 Å². The summed E-state index contributed by atoms with van der Waals surface area (Å²) in [5, 5.41) is 0. The van der Waals surface area contributed by atoms with E-state index in [9.17, 15) is 0 Å². The number of hydrogen-bond acceptors (Lipinski definition) is 2. The second-order valence-corrected chi connectivity index (χ2v) is 6.52. The summed E-state index contributed by atoms with van der Waals surface area (Å²) >= 11 is 0. The van der Waals surface area contributed by atoms with Gasteiger partial charge in [0, 0.05) is 6.04 Å². The van der Waals surface area contributed by atoms with Crippen molar-refractivity contribution in [2.45, 2.75) is 84.6 Å². The van der Waals surface area contributed by atoms with Crippen molar-refractivity contribution in [3.05, 3.63) is 0 Å². The molecule has 1 fully saturated rings. The Morgan fingerprint density at radius 1 is 0.800 bits per heavy atom. The molecule has 0 aromatic rings. The molecule has 0 aliphatic carbocycles. The second kappa shape index (κ2) is 11.6. The van der Waals surface area contributed by atoms with Crippen LogP contribution >= 0.6 is 0 Å². The molecule has 0 saturated carbocycles. The van der Waals surface area contributed by atoms with Gasteiger partial charge in [0.2, 0.25) is 0 Å². The molecule has 20 heavy (non-hydrogen) atoms. The monoisotopic (exact) mass is 282 g/mol. The molecule has 0 unspecified atom stereocenters. The van der Waals surface area contributed by atoms with Gasteiger partial charge in [-0.2, -0.15) is 0 Å². The molecular weight excluding hydrogens is 244 g/mol. The maximum atomic E-state index is 2.80. The molecule has 1 aliphatic rings. The van der Waals surface area contributed by atoms with Crippen LogP contribution in [0.1, 0.15) is 78.6 Å². The van der Waals surface area contributed by atoms with Crippen LogP contribution in [-0.2, 0) is 0 Å². The SMILES string of the molecule is CCCCCN1CCC(N(CCCC)CCCC)CC1. The van der Waals surface area contributed by atoms with Gasteiger partial charge in [-0.15, -0.1) is 0 Å². The minimum absolute atomic E-state index is 0.871. The van der Waals surface area contributed by atoms with E-state index in [1.54, 1.807) is 0 Å². The molecule has 1 aliphatic heterocycles. The molecule has 0 bridgehead atoms. The first-order chi connectivity index (χ1) is 9.81. The molecule has 0 N–H and O–H groups in total. The Morgan fingerprint density at radius 3 is 1.85 bits per heavy atom. The molecule has 1 heterocycles. The molecule has 0 radical (unpaired) electrons. The molecule has 1 saturated heterocycles. The Hall–Kier alpha value is -0.0800. The van der Waals surface area contributed by atoms with E-state index >= 15 is 0 Å². The predicted octanol–water partition coefficient (Wildman–Crippen LogP) is 4.54. The molecule has 1 rings (SSSR count). The average Bonchev–Trinajstić information content (AvgIpc) is 2.49. The van der Waals surface area contributed by atoms with Crippen LogP contribution in [0.15, 0.2) is 0 Å². The third-order valence-electron chi connectivity index (χ3n) is 4.75. The smallest absolute Gasteiger partial charge is 0.0120 e. The first kappa shape index (κ1) is 18.0. The fraction of sp³-hybridized carbons (Fsp3) is 1.00. The minimum Gasteiger partial charge on any atom is -0.303 e. The maximum absolute atomic E-state index is 2.80. The lowest BCUT2D eigenvalue weighted by molar-refractivity contribution is 0.104. The van der Waals surface area contributed by atoms with Crippen molar-refractivity contribution >= 4 is 0 Å². The second-order valence-electron chi connectivity index (χ2n) is 6.52. The highest BCUT2D eigenvalue weighted by Gasteiger charge is 2.23. The van der Waals surface area contributed by atoms with Gasteiger partial charge < -0.3 is 9.80 Å². The number of piperidine rings is 1. The predicted molar refractivity (Wildman–Crippen MR) is 90.4 cm³/mol. The third-order valence-corrected chi connectivity index (χ3v) is 4.75. The zero-order valence-corrected chi connectivity index (χ0v) is 14.4. The first-order valence-electron chi connectivity index (χ1n) is 9.28. The summed E-state index contributed by atoms with van der Waals surface area (Å²) in [7, 11) is 0. The molecule has 0 aromatic heterocycles. The van der Waals surface area contributed by atoms with Crippen LogP contribution in [0.4, 0.5) is 0 Å². The highest BCUT2D eigenvalue weighted by atomic mass is 15.2. The van der Waals surface area contributed by atoms with Crippen LogP contribution in [-0.4, -0.2) is 48.6 Å². The highest BCUT2D eigenvalue weighted by Crippen LogP contribution is 2.18. The topological polar surface area (TPSA) is 6.48 Å². The molecule has 120 valence electrons. The normalized spacial score (nSPS) is 18.0. The fourth-order valence-corrected chi connectivity index (χ4v) is 3.29. The van der Waals surface area contributed by atoms with Crippen molar-refractivity contribution < 1.29 is 0 Å². The average molecular weight is 283 g/mol. The summed E-state index contributed by atoms with van der Waals surface area (Å²) in [6.45, 7) is 13.6. The van der Waals surface area contributed by atoms with Crippen molar-refractivity contribution in [1.82, 2.24) is 9.80 Å². The van der Waals surface area contributed by atoms with E-state index in [2.05, 4.69) is 30.6 Å². The van der Waals surface area contributed by atoms with Gasteiger partial charge in [-0.3, -0.25) is 0 Å². The molecular formula is C18H38N2. The third kappa shape index (κ3) is 7.08. The molecule has 0 spiro atoms. The molecule has 0 amide bonds. The van der Waals surface area contributed by atoms with E-state index in [0.717, 1.165) is 6.04 Å². The summed E-state index contributed by atoms with van der Waals surface area (Å²) in [5.74, 6) is 0. The van der Waals surface area contributed by atoms with Crippen LogP contribution < -0.4 is 0 Å². The van der Waals surface area contributed by atoms with Crippen molar-refractivity contribution in [2.24, 2.45) is 0 Å². The summed E-state index contributed by atoms with van der Waals surface area (Å²) in [6.07, 6.45) is 12.4. The van der Waals surface area contributed by atoms with Crippen LogP contribution in [0.25, 0.3) is 0 Å². The van der Waals surface area contributed by atoms with Gasteiger partial charge in [0.05, 0.1) is 0 Å². The molecule has 2 heteroatoms. The van der Waals surface area contributed by atoms with Crippen molar-refractivity contribution in [3.8, 4) is 0 Å². The Balaban J connectivity index is 2.27. The molecule has 0 atom stereocenters. The van der Waals surface area contributed by atoms with E-state index in [4.69, 9.17) is 0 Å².